The monoisotopic (exact) mass is 588 g/mol. The van der Waals surface area contributed by atoms with Crippen molar-refractivity contribution in [3.8, 4) is 5.75 Å². The molecule has 2 N–H and O–H groups in total. The van der Waals surface area contributed by atoms with Crippen molar-refractivity contribution < 1.29 is 43.4 Å². The maximum absolute atomic E-state index is 11.2. The Morgan fingerprint density at radius 3 is 2.55 bits per heavy atom. The van der Waals surface area contributed by atoms with Crippen molar-refractivity contribution in [3.05, 3.63) is 42.0 Å². The van der Waals surface area contributed by atoms with Gasteiger partial charge in [-0.3, -0.25) is 4.79 Å². The Labute approximate surface area is 249 Å². The fraction of sp³-hybridized carbons (Fsp3) is 0.727. The molecule has 234 valence electrons. The van der Waals surface area contributed by atoms with Crippen LogP contribution in [0.3, 0.4) is 0 Å². The van der Waals surface area contributed by atoms with Crippen molar-refractivity contribution in [1.82, 2.24) is 0 Å². The van der Waals surface area contributed by atoms with E-state index in [1.165, 1.54) is 0 Å². The highest BCUT2D eigenvalue weighted by atomic mass is 16.7. The van der Waals surface area contributed by atoms with E-state index in [0.29, 0.717) is 51.9 Å². The van der Waals surface area contributed by atoms with Gasteiger partial charge in [0.2, 0.25) is 6.29 Å². The molecule has 9 heteroatoms. The molecule has 2 saturated heterocycles. The van der Waals surface area contributed by atoms with Gasteiger partial charge in [0, 0.05) is 31.6 Å². The van der Waals surface area contributed by atoms with E-state index in [2.05, 4.69) is 6.08 Å². The number of carbonyl (C=O) groups is 1. The number of para-hydroxylation sites is 1. The molecule has 3 aliphatic heterocycles. The van der Waals surface area contributed by atoms with E-state index in [9.17, 15) is 9.90 Å². The van der Waals surface area contributed by atoms with Gasteiger partial charge in [-0.05, 0) is 88.5 Å². The van der Waals surface area contributed by atoms with Gasteiger partial charge in [-0.1, -0.05) is 30.4 Å². The summed E-state index contributed by atoms with van der Waals surface area (Å²) in [7, 11) is 0. The Kier molecular flexibility index (Phi) is 12.1. The number of carboxylic acids is 1. The quantitative estimate of drug-likeness (QED) is 0.208. The molecule has 8 atom stereocenters. The molecule has 0 aromatic heterocycles. The van der Waals surface area contributed by atoms with Gasteiger partial charge in [0.05, 0.1) is 18.8 Å². The van der Waals surface area contributed by atoms with Crippen molar-refractivity contribution in [2.24, 2.45) is 11.8 Å². The summed E-state index contributed by atoms with van der Waals surface area (Å²) < 4.78 is 37.4. The number of aliphatic hydroxyl groups excluding tert-OH is 1. The number of carboxylic acid groups (broad SMARTS) is 1. The first-order valence-corrected chi connectivity index (χ1v) is 16.0. The highest BCUT2D eigenvalue weighted by Gasteiger charge is 2.44. The van der Waals surface area contributed by atoms with Gasteiger partial charge in [-0.25, -0.2) is 0 Å². The highest BCUT2D eigenvalue weighted by molar-refractivity contribution is 5.66. The molecule has 0 spiro atoms. The number of aliphatic hydroxyl groups is 1. The lowest BCUT2D eigenvalue weighted by molar-refractivity contribution is -0.252. The topological polar surface area (TPSA) is 113 Å². The smallest absolute Gasteiger partial charge is 0.303 e. The van der Waals surface area contributed by atoms with Gasteiger partial charge in [0.15, 0.2) is 12.6 Å². The van der Waals surface area contributed by atoms with Crippen LogP contribution < -0.4 is 4.74 Å². The molecule has 5 rings (SSSR count). The van der Waals surface area contributed by atoms with Gasteiger partial charge in [-0.2, -0.15) is 0 Å². The number of fused-ring (bicyclic) bond motifs is 1. The van der Waals surface area contributed by atoms with Crippen LogP contribution >= 0.6 is 0 Å². The number of unbranched alkanes of at least 4 members (excludes halogenated alkanes) is 1. The number of aliphatic carboxylic acids is 1. The molecule has 1 aromatic carbocycles. The minimum atomic E-state index is -0.774. The van der Waals surface area contributed by atoms with Gasteiger partial charge in [0.25, 0.3) is 0 Å². The average Bonchev–Trinajstić information content (AvgIpc) is 3.30. The van der Waals surface area contributed by atoms with E-state index >= 15 is 0 Å². The van der Waals surface area contributed by atoms with Crippen LogP contribution in [0.15, 0.2) is 36.4 Å². The largest absolute Gasteiger partial charge is 0.481 e. The summed E-state index contributed by atoms with van der Waals surface area (Å²) in [6, 6.07) is 7.94. The summed E-state index contributed by atoms with van der Waals surface area (Å²) in [4.78, 5) is 10.8. The normalized spacial score (nSPS) is 32.4. The lowest BCUT2D eigenvalue weighted by Gasteiger charge is -2.36. The summed E-state index contributed by atoms with van der Waals surface area (Å²) in [6.45, 7) is 1.87. The van der Waals surface area contributed by atoms with Crippen LogP contribution in [0.1, 0.15) is 89.0 Å². The summed E-state index contributed by atoms with van der Waals surface area (Å²) in [5.41, 5.74) is 1.02. The summed E-state index contributed by atoms with van der Waals surface area (Å²) in [5, 5.41) is 20.1. The lowest BCUT2D eigenvalue weighted by Crippen LogP contribution is -2.42. The minimum absolute atomic E-state index is 0.0230. The van der Waals surface area contributed by atoms with E-state index in [0.717, 1.165) is 56.3 Å². The number of hydrogen-bond donors (Lipinski definition) is 2. The molecule has 4 aliphatic rings. The zero-order valence-electron chi connectivity index (χ0n) is 24.6. The predicted octanol–water partition coefficient (Wildman–Crippen LogP) is 5.72. The summed E-state index contributed by atoms with van der Waals surface area (Å²) in [6.07, 6.45) is 12.3. The first-order valence-electron chi connectivity index (χ1n) is 16.0. The van der Waals surface area contributed by atoms with E-state index in [1.54, 1.807) is 0 Å². The fourth-order valence-electron chi connectivity index (χ4n) is 6.68. The number of ether oxygens (including phenoxy) is 6. The van der Waals surface area contributed by atoms with Gasteiger partial charge < -0.3 is 38.6 Å². The zero-order valence-corrected chi connectivity index (χ0v) is 24.6. The Bertz CT molecular complexity index is 987. The third-order valence-electron chi connectivity index (χ3n) is 8.97. The van der Waals surface area contributed by atoms with Crippen molar-refractivity contribution in [2.45, 2.75) is 127 Å². The second kappa shape index (κ2) is 16.2. The Hall–Kier alpha value is -2.01. The number of benzene rings is 1. The highest BCUT2D eigenvalue weighted by Crippen LogP contribution is 2.42. The molecule has 0 radical (unpaired) electrons. The van der Waals surface area contributed by atoms with Crippen molar-refractivity contribution in [1.29, 1.82) is 0 Å². The number of hydrogen-bond acceptors (Lipinski definition) is 8. The molecule has 3 fully saturated rings. The maximum Gasteiger partial charge on any atom is 0.303 e. The summed E-state index contributed by atoms with van der Waals surface area (Å²) in [5.74, 6) is 0.174. The molecule has 0 amide bonds. The molecule has 3 unspecified atom stereocenters. The summed E-state index contributed by atoms with van der Waals surface area (Å²) >= 11 is 0. The zero-order chi connectivity index (χ0) is 29.1. The Morgan fingerprint density at radius 1 is 1.00 bits per heavy atom. The minimum Gasteiger partial charge on any atom is -0.481 e. The standard InChI is InChI=1S/C33H48O9/c34-26-21-29(41-32-16-8-10-20-38-32)25(24(26)12-3-1-2-4-14-30(35)36)17-18-28(40-31-15-7-9-19-37-31)33-39-22-23-11-5-6-13-27(23)42-33/h1,3,5-6,11,13,24-26,28-29,31-34H,2,4,7-10,12,14-22H2,(H,35,36)/b3-1-/t24-,25-,26+,28+,29-,31?,32?,33?/m1/s1. The average molecular weight is 589 g/mol. The van der Waals surface area contributed by atoms with E-state index in [1.807, 2.05) is 30.3 Å². The van der Waals surface area contributed by atoms with Crippen molar-refractivity contribution in [2.75, 3.05) is 13.2 Å². The molecule has 1 aliphatic carbocycles. The van der Waals surface area contributed by atoms with Crippen LogP contribution in [0, 0.1) is 11.8 Å². The van der Waals surface area contributed by atoms with Gasteiger partial charge in [-0.15, -0.1) is 0 Å². The van der Waals surface area contributed by atoms with Crippen LogP contribution in [-0.4, -0.2) is 66.6 Å². The van der Waals surface area contributed by atoms with E-state index in [4.69, 9.17) is 33.5 Å². The molecule has 9 nitrogen and oxygen atoms in total. The van der Waals surface area contributed by atoms with Crippen LogP contribution in [0.2, 0.25) is 0 Å². The molecular weight excluding hydrogens is 540 g/mol. The lowest BCUT2D eigenvalue weighted by atomic mass is 9.85. The van der Waals surface area contributed by atoms with Crippen molar-refractivity contribution in [3.63, 3.8) is 0 Å². The first-order chi connectivity index (χ1) is 20.6. The second-order valence-electron chi connectivity index (χ2n) is 12.0. The fourth-order valence-corrected chi connectivity index (χ4v) is 6.68. The maximum atomic E-state index is 11.2. The third kappa shape index (κ3) is 9.00. The molecule has 3 heterocycles. The van der Waals surface area contributed by atoms with Crippen LogP contribution in [0.5, 0.6) is 5.75 Å². The van der Waals surface area contributed by atoms with Gasteiger partial charge in [0.1, 0.15) is 11.9 Å². The Balaban J connectivity index is 1.27. The number of allylic oxidation sites excluding steroid dienone is 2. The van der Waals surface area contributed by atoms with E-state index < -0.39 is 18.4 Å². The molecule has 1 aromatic rings. The molecule has 1 saturated carbocycles. The first kappa shape index (κ1) is 31.4. The van der Waals surface area contributed by atoms with Crippen LogP contribution in [0.4, 0.5) is 0 Å². The third-order valence-corrected chi connectivity index (χ3v) is 8.97. The van der Waals surface area contributed by atoms with E-state index in [-0.39, 0.29) is 43.0 Å². The Morgan fingerprint density at radius 2 is 1.79 bits per heavy atom. The molecule has 0 bridgehead atoms. The predicted molar refractivity (Wildman–Crippen MR) is 155 cm³/mol. The molecule has 42 heavy (non-hydrogen) atoms. The van der Waals surface area contributed by atoms with Crippen molar-refractivity contribution >= 4 is 5.97 Å². The van der Waals surface area contributed by atoms with Crippen LogP contribution in [0.25, 0.3) is 0 Å². The van der Waals surface area contributed by atoms with Crippen LogP contribution in [-0.2, 0) is 35.1 Å². The SMILES string of the molecule is O=C(O)CCC/C=C\C[C@@H]1[C@@H](CC[C@H](OC2CCCCO2)C2OCc3ccccc3O2)[C@H](OC2CCCCO2)C[C@@H]1O. The number of rotatable bonds is 14. The molecular formula is C33H48O9. The van der Waals surface area contributed by atoms with Gasteiger partial charge >= 0.3 is 5.97 Å². The second-order valence-corrected chi connectivity index (χ2v) is 12.0.